The summed E-state index contributed by atoms with van der Waals surface area (Å²) in [5, 5.41) is 3.65. The van der Waals surface area contributed by atoms with Crippen LogP contribution in [0.2, 0.25) is 0 Å². The molecule has 0 aliphatic rings. The minimum absolute atomic E-state index is 0.0449. The first kappa shape index (κ1) is 12.3. The quantitative estimate of drug-likeness (QED) is 0.885. The number of ether oxygens (including phenoxy) is 2. The number of methoxy groups -OCH3 is 2. The molecule has 1 aromatic carbocycles. The second kappa shape index (κ2) is 5.01. The van der Waals surface area contributed by atoms with Crippen LogP contribution in [0.1, 0.15) is 5.89 Å². The molecule has 18 heavy (non-hydrogen) atoms. The number of aromatic nitrogens is 2. The van der Waals surface area contributed by atoms with Crippen molar-refractivity contribution < 1.29 is 18.4 Å². The van der Waals surface area contributed by atoms with Gasteiger partial charge in [-0.3, -0.25) is 0 Å². The molecule has 7 heteroatoms. The SMILES string of the molecule is COc1cc(OC)c(F)c(-c2noc(CN)n2)c1. The molecule has 0 aliphatic carbocycles. The molecule has 0 atom stereocenters. The van der Waals surface area contributed by atoms with Gasteiger partial charge >= 0.3 is 0 Å². The van der Waals surface area contributed by atoms with Crippen molar-refractivity contribution in [2.75, 3.05) is 14.2 Å². The van der Waals surface area contributed by atoms with Gasteiger partial charge in [0, 0.05) is 6.07 Å². The van der Waals surface area contributed by atoms with E-state index in [1.165, 1.54) is 26.4 Å². The van der Waals surface area contributed by atoms with Crippen LogP contribution in [-0.2, 0) is 6.54 Å². The molecule has 0 saturated carbocycles. The Morgan fingerprint density at radius 1 is 1.33 bits per heavy atom. The third-order valence-corrected chi connectivity index (χ3v) is 2.35. The van der Waals surface area contributed by atoms with Crippen molar-refractivity contribution >= 4 is 0 Å². The number of rotatable bonds is 4. The van der Waals surface area contributed by atoms with Crippen LogP contribution < -0.4 is 15.2 Å². The van der Waals surface area contributed by atoms with E-state index >= 15 is 0 Å². The smallest absolute Gasteiger partial charge is 0.240 e. The number of hydrogen-bond donors (Lipinski definition) is 1. The van der Waals surface area contributed by atoms with Crippen LogP contribution in [0.5, 0.6) is 11.5 Å². The summed E-state index contributed by atoms with van der Waals surface area (Å²) in [5.41, 5.74) is 5.49. The van der Waals surface area contributed by atoms with E-state index in [2.05, 4.69) is 10.1 Å². The van der Waals surface area contributed by atoms with Gasteiger partial charge in [0.1, 0.15) is 5.75 Å². The second-order valence-corrected chi connectivity index (χ2v) is 3.41. The van der Waals surface area contributed by atoms with E-state index in [-0.39, 0.29) is 29.6 Å². The van der Waals surface area contributed by atoms with E-state index in [1.807, 2.05) is 0 Å². The van der Waals surface area contributed by atoms with E-state index in [4.69, 9.17) is 19.7 Å². The van der Waals surface area contributed by atoms with Crippen LogP contribution in [-0.4, -0.2) is 24.4 Å². The molecule has 0 spiro atoms. The van der Waals surface area contributed by atoms with Gasteiger partial charge in [0.2, 0.25) is 11.7 Å². The number of nitrogens with two attached hydrogens (primary N) is 1. The van der Waals surface area contributed by atoms with Crippen LogP contribution in [0.4, 0.5) is 4.39 Å². The van der Waals surface area contributed by atoms with Gasteiger partial charge in [0.15, 0.2) is 11.6 Å². The van der Waals surface area contributed by atoms with Crippen LogP contribution in [0.25, 0.3) is 11.4 Å². The predicted octanol–water partition coefficient (Wildman–Crippen LogP) is 1.35. The van der Waals surface area contributed by atoms with E-state index in [0.29, 0.717) is 5.75 Å². The standard InChI is InChI=1S/C11H12FN3O3/c1-16-6-3-7(10(12)8(4-6)17-2)11-14-9(5-13)18-15-11/h3-4H,5,13H2,1-2H3. The van der Waals surface area contributed by atoms with E-state index in [9.17, 15) is 4.39 Å². The average molecular weight is 253 g/mol. The molecular formula is C11H12FN3O3. The van der Waals surface area contributed by atoms with Gasteiger partial charge in [0.25, 0.3) is 0 Å². The maximum Gasteiger partial charge on any atom is 0.240 e. The highest BCUT2D eigenvalue weighted by atomic mass is 19.1. The largest absolute Gasteiger partial charge is 0.497 e. The van der Waals surface area contributed by atoms with Crippen LogP contribution in [0, 0.1) is 5.82 Å². The molecule has 0 fully saturated rings. The highest BCUT2D eigenvalue weighted by Crippen LogP contribution is 2.32. The Kier molecular flexibility index (Phi) is 3.42. The topological polar surface area (TPSA) is 83.4 Å². The lowest BCUT2D eigenvalue weighted by Gasteiger charge is -2.08. The summed E-state index contributed by atoms with van der Waals surface area (Å²) in [6.45, 7) is 0.0930. The fourth-order valence-electron chi connectivity index (χ4n) is 1.45. The van der Waals surface area contributed by atoms with Crippen molar-refractivity contribution in [3.8, 4) is 22.9 Å². The van der Waals surface area contributed by atoms with Crippen LogP contribution in [0.15, 0.2) is 16.7 Å². The van der Waals surface area contributed by atoms with Crippen LogP contribution >= 0.6 is 0 Å². The molecule has 0 amide bonds. The summed E-state index contributed by atoms with van der Waals surface area (Å²) in [5.74, 6) is 0.227. The maximum absolute atomic E-state index is 14.1. The lowest BCUT2D eigenvalue weighted by atomic mass is 10.1. The van der Waals surface area contributed by atoms with Crippen molar-refractivity contribution in [2.45, 2.75) is 6.54 Å². The van der Waals surface area contributed by atoms with E-state index in [0.717, 1.165) is 0 Å². The molecule has 0 aliphatic heterocycles. The molecule has 1 heterocycles. The third kappa shape index (κ3) is 2.12. The number of nitrogens with zero attached hydrogens (tertiary/aromatic N) is 2. The first-order chi connectivity index (χ1) is 8.69. The fraction of sp³-hybridized carbons (Fsp3) is 0.273. The van der Waals surface area contributed by atoms with Crippen molar-refractivity contribution in [3.05, 3.63) is 23.8 Å². The molecule has 6 nitrogen and oxygen atoms in total. The van der Waals surface area contributed by atoms with Gasteiger partial charge in [-0.25, -0.2) is 4.39 Å². The highest BCUT2D eigenvalue weighted by molar-refractivity contribution is 5.61. The normalized spacial score (nSPS) is 10.4. The van der Waals surface area contributed by atoms with Crippen molar-refractivity contribution in [3.63, 3.8) is 0 Å². The maximum atomic E-state index is 14.1. The first-order valence-corrected chi connectivity index (χ1v) is 5.14. The van der Waals surface area contributed by atoms with Crippen molar-refractivity contribution in [1.82, 2.24) is 10.1 Å². The van der Waals surface area contributed by atoms with Crippen LogP contribution in [0.3, 0.4) is 0 Å². The minimum atomic E-state index is -0.581. The zero-order chi connectivity index (χ0) is 13.1. The van der Waals surface area contributed by atoms with Crippen molar-refractivity contribution in [1.29, 1.82) is 0 Å². The summed E-state index contributed by atoms with van der Waals surface area (Å²) in [7, 11) is 2.83. The summed E-state index contributed by atoms with van der Waals surface area (Å²) in [6, 6.07) is 2.89. The lowest BCUT2D eigenvalue weighted by molar-refractivity contribution is 0.372. The van der Waals surface area contributed by atoms with E-state index < -0.39 is 5.82 Å². The highest BCUT2D eigenvalue weighted by Gasteiger charge is 2.18. The average Bonchev–Trinajstić information content (AvgIpc) is 2.87. The number of hydrogen-bond acceptors (Lipinski definition) is 6. The predicted molar refractivity (Wildman–Crippen MR) is 60.7 cm³/mol. The zero-order valence-electron chi connectivity index (χ0n) is 9.94. The number of benzene rings is 1. The Balaban J connectivity index is 2.54. The molecule has 1 aromatic heterocycles. The minimum Gasteiger partial charge on any atom is -0.497 e. The summed E-state index contributed by atoms with van der Waals surface area (Å²) >= 11 is 0. The fourth-order valence-corrected chi connectivity index (χ4v) is 1.45. The summed E-state index contributed by atoms with van der Waals surface area (Å²) in [6.07, 6.45) is 0. The third-order valence-electron chi connectivity index (χ3n) is 2.35. The molecule has 2 N–H and O–H groups in total. The van der Waals surface area contributed by atoms with Gasteiger partial charge in [0.05, 0.1) is 26.3 Å². The Labute approximate surface area is 103 Å². The number of halogens is 1. The zero-order valence-corrected chi connectivity index (χ0v) is 9.94. The molecule has 0 saturated heterocycles. The molecular weight excluding hydrogens is 241 g/mol. The Morgan fingerprint density at radius 3 is 2.67 bits per heavy atom. The van der Waals surface area contributed by atoms with Gasteiger partial charge in [-0.1, -0.05) is 5.16 Å². The lowest BCUT2D eigenvalue weighted by Crippen LogP contribution is -1.97. The Morgan fingerprint density at radius 2 is 2.11 bits per heavy atom. The van der Waals surface area contributed by atoms with Gasteiger partial charge in [-0.15, -0.1) is 0 Å². The van der Waals surface area contributed by atoms with Gasteiger partial charge in [-0.2, -0.15) is 4.98 Å². The molecule has 0 unspecified atom stereocenters. The molecule has 96 valence electrons. The second-order valence-electron chi connectivity index (χ2n) is 3.41. The Bertz CT molecular complexity index is 556. The summed E-state index contributed by atoms with van der Waals surface area (Å²) < 4.78 is 28.9. The molecule has 2 aromatic rings. The molecule has 0 radical (unpaired) electrons. The first-order valence-electron chi connectivity index (χ1n) is 5.14. The van der Waals surface area contributed by atoms with Gasteiger partial charge < -0.3 is 19.7 Å². The summed E-state index contributed by atoms with van der Waals surface area (Å²) in [4.78, 5) is 3.96. The molecule has 0 bridgehead atoms. The van der Waals surface area contributed by atoms with Gasteiger partial charge in [-0.05, 0) is 6.07 Å². The van der Waals surface area contributed by atoms with E-state index in [1.54, 1.807) is 0 Å². The molecule has 2 rings (SSSR count). The monoisotopic (exact) mass is 253 g/mol. The Hall–Kier alpha value is -2.15. The van der Waals surface area contributed by atoms with Crippen molar-refractivity contribution in [2.24, 2.45) is 5.73 Å².